The summed E-state index contributed by atoms with van der Waals surface area (Å²) < 4.78 is 1.14. The molecule has 21 heavy (non-hydrogen) atoms. The second kappa shape index (κ2) is 6.03. The molecule has 2 N–H and O–H groups in total. The zero-order valence-electron chi connectivity index (χ0n) is 13.4. The Morgan fingerprint density at radius 2 is 1.86 bits per heavy atom. The fourth-order valence-electron chi connectivity index (χ4n) is 3.05. The largest absolute Gasteiger partial charge is 0.355 e. The van der Waals surface area contributed by atoms with Crippen LogP contribution in [-0.4, -0.2) is 20.6 Å². The zero-order valence-corrected chi connectivity index (χ0v) is 13.4. The van der Waals surface area contributed by atoms with Gasteiger partial charge >= 0.3 is 11.4 Å². The number of nitrogens with zero attached hydrogens (tertiary/aromatic N) is 2. The van der Waals surface area contributed by atoms with E-state index in [4.69, 9.17) is 0 Å². The van der Waals surface area contributed by atoms with Gasteiger partial charge in [0.15, 0.2) is 0 Å². The average molecular weight is 294 g/mol. The maximum atomic E-state index is 12.1. The van der Waals surface area contributed by atoms with E-state index in [0.717, 1.165) is 4.57 Å². The number of anilines is 1. The molecule has 0 amide bonds. The standard InChI is InChI=1S/C15H26N4O2/c1-10(11-8-6-5-7-9-11)16-12-17-13(20)19(14(21)18-12)15(2,3)4/h10-11H,5-9H2,1-4H3,(H2,16,17,18,20,21)/t10-/m0/s1. The van der Waals surface area contributed by atoms with Crippen molar-refractivity contribution >= 4 is 5.95 Å². The molecule has 1 aromatic heterocycles. The summed E-state index contributed by atoms with van der Waals surface area (Å²) in [6, 6.07) is 0.207. The van der Waals surface area contributed by atoms with Gasteiger partial charge in [-0.3, -0.25) is 4.98 Å². The summed E-state index contributed by atoms with van der Waals surface area (Å²) in [6.07, 6.45) is 6.20. The van der Waals surface area contributed by atoms with Gasteiger partial charge in [0.1, 0.15) is 0 Å². The van der Waals surface area contributed by atoms with Crippen molar-refractivity contribution < 1.29 is 0 Å². The van der Waals surface area contributed by atoms with Crippen LogP contribution in [0, 0.1) is 5.92 Å². The van der Waals surface area contributed by atoms with E-state index in [1.165, 1.54) is 32.1 Å². The van der Waals surface area contributed by atoms with Gasteiger partial charge in [0.05, 0.1) is 0 Å². The lowest BCUT2D eigenvalue weighted by Crippen LogP contribution is -2.46. The molecule has 2 rings (SSSR count). The molecule has 0 bridgehead atoms. The minimum atomic E-state index is -0.578. The van der Waals surface area contributed by atoms with E-state index >= 15 is 0 Å². The van der Waals surface area contributed by atoms with E-state index in [2.05, 4.69) is 22.2 Å². The fourth-order valence-corrected chi connectivity index (χ4v) is 3.05. The summed E-state index contributed by atoms with van der Waals surface area (Å²) in [7, 11) is 0. The van der Waals surface area contributed by atoms with E-state index in [0.29, 0.717) is 5.92 Å². The molecule has 1 aromatic rings. The Kier molecular flexibility index (Phi) is 4.54. The molecular weight excluding hydrogens is 268 g/mol. The summed E-state index contributed by atoms with van der Waals surface area (Å²) >= 11 is 0. The molecule has 1 aliphatic carbocycles. The molecule has 0 aliphatic heterocycles. The number of hydrogen-bond donors (Lipinski definition) is 2. The maximum absolute atomic E-state index is 12.1. The van der Waals surface area contributed by atoms with Crippen LogP contribution in [0.4, 0.5) is 5.95 Å². The van der Waals surface area contributed by atoms with Crippen molar-refractivity contribution in [3.8, 4) is 0 Å². The molecule has 1 atom stereocenters. The van der Waals surface area contributed by atoms with Crippen LogP contribution < -0.4 is 16.7 Å². The van der Waals surface area contributed by atoms with Crippen molar-refractivity contribution in [2.75, 3.05) is 5.32 Å². The molecule has 0 saturated heterocycles. The number of aromatic amines is 1. The van der Waals surface area contributed by atoms with Crippen molar-refractivity contribution in [1.82, 2.24) is 14.5 Å². The SMILES string of the molecule is C[C@H](Nc1nc(=O)n(C(C)(C)C)c(=O)[nH]1)C1CCCCC1. The van der Waals surface area contributed by atoms with E-state index < -0.39 is 16.9 Å². The highest BCUT2D eigenvalue weighted by Crippen LogP contribution is 2.27. The Morgan fingerprint density at radius 3 is 2.38 bits per heavy atom. The molecule has 1 aliphatic rings. The van der Waals surface area contributed by atoms with Crippen LogP contribution in [0.15, 0.2) is 9.59 Å². The Balaban J connectivity index is 2.18. The van der Waals surface area contributed by atoms with E-state index in [9.17, 15) is 9.59 Å². The van der Waals surface area contributed by atoms with Gasteiger partial charge in [-0.2, -0.15) is 4.98 Å². The number of rotatable bonds is 3. The van der Waals surface area contributed by atoms with Gasteiger partial charge in [-0.1, -0.05) is 19.3 Å². The molecule has 0 radical (unpaired) electrons. The van der Waals surface area contributed by atoms with Gasteiger partial charge in [-0.15, -0.1) is 0 Å². The number of hydrogen-bond acceptors (Lipinski definition) is 4. The van der Waals surface area contributed by atoms with Gasteiger partial charge in [-0.05, 0) is 46.5 Å². The van der Waals surface area contributed by atoms with Gasteiger partial charge in [0.2, 0.25) is 5.95 Å². The number of aromatic nitrogens is 3. The van der Waals surface area contributed by atoms with Crippen LogP contribution >= 0.6 is 0 Å². The predicted octanol–water partition coefficient (Wildman–Crippen LogP) is 2.07. The van der Waals surface area contributed by atoms with Crippen LogP contribution in [0.3, 0.4) is 0 Å². The van der Waals surface area contributed by atoms with Crippen LogP contribution in [0.2, 0.25) is 0 Å². The van der Waals surface area contributed by atoms with Crippen LogP contribution in [-0.2, 0) is 5.54 Å². The zero-order chi connectivity index (χ0) is 15.6. The Morgan fingerprint density at radius 1 is 1.24 bits per heavy atom. The highest BCUT2D eigenvalue weighted by Gasteiger charge is 2.22. The number of H-pyrrole nitrogens is 1. The Labute approximate surface area is 125 Å². The van der Waals surface area contributed by atoms with E-state index in [1.54, 1.807) is 0 Å². The fraction of sp³-hybridized carbons (Fsp3) is 0.800. The monoisotopic (exact) mass is 294 g/mol. The molecule has 1 fully saturated rings. The lowest BCUT2D eigenvalue weighted by Gasteiger charge is -2.28. The third-order valence-electron chi connectivity index (χ3n) is 4.22. The van der Waals surface area contributed by atoms with Crippen LogP contribution in [0.25, 0.3) is 0 Å². The molecular formula is C15H26N4O2. The lowest BCUT2D eigenvalue weighted by molar-refractivity contribution is 0.326. The van der Waals surface area contributed by atoms with Crippen molar-refractivity contribution in [3.63, 3.8) is 0 Å². The van der Waals surface area contributed by atoms with Gasteiger partial charge in [0, 0.05) is 11.6 Å². The van der Waals surface area contributed by atoms with Crippen molar-refractivity contribution in [3.05, 3.63) is 21.0 Å². The quantitative estimate of drug-likeness (QED) is 0.894. The smallest absolute Gasteiger partial charge is 0.353 e. The van der Waals surface area contributed by atoms with Crippen LogP contribution in [0.1, 0.15) is 59.8 Å². The second-order valence-electron chi connectivity index (χ2n) is 7.01. The lowest BCUT2D eigenvalue weighted by atomic mass is 9.85. The summed E-state index contributed by atoms with van der Waals surface area (Å²) in [4.78, 5) is 30.8. The third kappa shape index (κ3) is 3.74. The molecule has 1 saturated carbocycles. The first-order valence-corrected chi connectivity index (χ1v) is 7.79. The Bertz CT molecular complexity index is 560. The van der Waals surface area contributed by atoms with Gasteiger partial charge in [0.25, 0.3) is 0 Å². The maximum Gasteiger partial charge on any atom is 0.355 e. The van der Waals surface area contributed by atoms with Gasteiger partial charge in [-0.25, -0.2) is 14.2 Å². The average Bonchev–Trinajstić information content (AvgIpc) is 2.37. The highest BCUT2D eigenvalue weighted by atomic mass is 16.2. The second-order valence-corrected chi connectivity index (χ2v) is 7.01. The predicted molar refractivity (Wildman–Crippen MR) is 83.8 cm³/mol. The minimum Gasteiger partial charge on any atom is -0.353 e. The summed E-state index contributed by atoms with van der Waals surface area (Å²) in [5, 5.41) is 3.19. The molecule has 1 heterocycles. The normalized spacial score (nSPS) is 18.5. The highest BCUT2D eigenvalue weighted by molar-refractivity contribution is 5.23. The molecule has 0 aromatic carbocycles. The third-order valence-corrected chi connectivity index (χ3v) is 4.22. The summed E-state index contributed by atoms with van der Waals surface area (Å²) in [5.74, 6) is 0.859. The minimum absolute atomic E-state index is 0.207. The molecule has 6 heteroatoms. The molecule has 6 nitrogen and oxygen atoms in total. The Hall–Kier alpha value is -1.59. The van der Waals surface area contributed by atoms with E-state index in [1.807, 2.05) is 20.8 Å². The van der Waals surface area contributed by atoms with E-state index in [-0.39, 0.29) is 12.0 Å². The molecule has 118 valence electrons. The topological polar surface area (TPSA) is 79.8 Å². The summed E-state index contributed by atoms with van der Waals surface area (Å²) in [5.41, 5.74) is -1.50. The van der Waals surface area contributed by atoms with Crippen molar-refractivity contribution in [2.45, 2.75) is 71.4 Å². The molecule has 0 unspecified atom stereocenters. The van der Waals surface area contributed by atoms with Crippen molar-refractivity contribution in [2.24, 2.45) is 5.92 Å². The first-order valence-electron chi connectivity index (χ1n) is 7.79. The number of nitrogens with one attached hydrogen (secondary N) is 2. The first-order chi connectivity index (χ1) is 9.79. The van der Waals surface area contributed by atoms with Crippen LogP contribution in [0.5, 0.6) is 0 Å². The van der Waals surface area contributed by atoms with Gasteiger partial charge < -0.3 is 5.32 Å². The van der Waals surface area contributed by atoms with Crippen molar-refractivity contribution in [1.29, 1.82) is 0 Å². The first kappa shape index (κ1) is 15.8. The summed E-state index contributed by atoms with van der Waals surface area (Å²) in [6.45, 7) is 7.51. The molecule has 0 spiro atoms.